The molecule has 0 N–H and O–H groups in total. The van der Waals surface area contributed by atoms with E-state index in [1.807, 2.05) is 0 Å². The Labute approximate surface area is 190 Å². The molecule has 0 bridgehead atoms. The van der Waals surface area contributed by atoms with Crippen LogP contribution in [-0.4, -0.2) is 53.4 Å². The van der Waals surface area contributed by atoms with Crippen molar-refractivity contribution in [2.45, 2.75) is 19.9 Å². The van der Waals surface area contributed by atoms with Crippen molar-refractivity contribution in [3.05, 3.63) is 69.6 Å². The second-order valence-corrected chi connectivity index (χ2v) is 7.87. The number of rotatable bonds is 8. The lowest BCUT2D eigenvalue weighted by atomic mass is 10.1. The minimum Gasteiger partial charge on any atom is -0.492 e. The molecule has 0 atom stereocenters. The highest BCUT2D eigenvalue weighted by atomic mass is 35.5. The largest absolute Gasteiger partial charge is 0.492 e. The first-order valence-corrected chi connectivity index (χ1v) is 10.5. The number of carbonyl (C=O) groups excluding carboxylic acids is 2. The highest BCUT2D eigenvalue weighted by Crippen LogP contribution is 2.16. The predicted octanol–water partition coefficient (Wildman–Crippen LogP) is 3.33. The van der Waals surface area contributed by atoms with E-state index in [9.17, 15) is 14.4 Å². The van der Waals surface area contributed by atoms with E-state index in [1.54, 1.807) is 69.4 Å². The number of likely N-dealkylation sites (N-methyl/N-ethyl adjacent to an activating group) is 1. The second-order valence-electron chi connectivity index (χ2n) is 7.43. The van der Waals surface area contributed by atoms with Gasteiger partial charge in [-0.3, -0.25) is 9.59 Å². The van der Waals surface area contributed by atoms with Gasteiger partial charge in [-0.05, 0) is 44.2 Å². The second kappa shape index (κ2) is 10.3. The highest BCUT2D eigenvalue weighted by molar-refractivity contribution is 6.30. The molecular formula is C23H24ClN3O5. The Morgan fingerprint density at radius 2 is 1.75 bits per heavy atom. The van der Waals surface area contributed by atoms with Gasteiger partial charge in [0.15, 0.2) is 12.3 Å². The molecule has 0 aliphatic carbocycles. The number of fused-ring (bicyclic) bond motifs is 1. The Morgan fingerprint density at radius 3 is 2.41 bits per heavy atom. The molecule has 0 saturated carbocycles. The van der Waals surface area contributed by atoms with Crippen LogP contribution in [0.5, 0.6) is 5.75 Å². The Kier molecular flexibility index (Phi) is 7.48. The lowest BCUT2D eigenvalue weighted by Gasteiger charge is -2.18. The molecule has 9 heteroatoms. The monoisotopic (exact) mass is 457 g/mol. The summed E-state index contributed by atoms with van der Waals surface area (Å²) < 4.78 is 12.0. The van der Waals surface area contributed by atoms with Gasteiger partial charge in [0.05, 0.1) is 18.0 Å². The molecule has 1 aromatic heterocycles. The van der Waals surface area contributed by atoms with Crippen molar-refractivity contribution in [2.75, 3.05) is 26.8 Å². The van der Waals surface area contributed by atoms with Crippen LogP contribution in [0.15, 0.2) is 53.3 Å². The van der Waals surface area contributed by atoms with Crippen molar-refractivity contribution in [3.63, 3.8) is 0 Å². The summed E-state index contributed by atoms with van der Waals surface area (Å²) in [5, 5.41) is 5.55. The molecule has 0 saturated heterocycles. The van der Waals surface area contributed by atoms with Crippen molar-refractivity contribution in [2.24, 2.45) is 0 Å². The first-order chi connectivity index (χ1) is 15.3. The molecule has 3 rings (SSSR count). The molecule has 8 nitrogen and oxygen atoms in total. The zero-order chi connectivity index (χ0) is 23.3. The fourth-order valence-electron chi connectivity index (χ4n) is 2.97. The van der Waals surface area contributed by atoms with Crippen molar-refractivity contribution in [3.8, 4) is 5.75 Å². The van der Waals surface area contributed by atoms with E-state index in [-0.39, 0.29) is 29.8 Å². The maximum atomic E-state index is 12.7. The van der Waals surface area contributed by atoms with Crippen LogP contribution in [0.3, 0.4) is 0 Å². The fourth-order valence-corrected chi connectivity index (χ4v) is 3.10. The van der Waals surface area contributed by atoms with Crippen molar-refractivity contribution in [1.82, 2.24) is 14.7 Å². The van der Waals surface area contributed by atoms with Crippen LogP contribution in [0.1, 0.15) is 30.4 Å². The summed E-state index contributed by atoms with van der Waals surface area (Å²) in [6.45, 7) is 3.71. The van der Waals surface area contributed by atoms with Gasteiger partial charge in [-0.1, -0.05) is 29.8 Å². The third kappa shape index (κ3) is 5.45. The summed E-state index contributed by atoms with van der Waals surface area (Å²) in [6, 6.07) is 13.3. The van der Waals surface area contributed by atoms with E-state index in [2.05, 4.69) is 5.10 Å². The number of carbonyl (C=O) groups is 2. The van der Waals surface area contributed by atoms with Crippen LogP contribution >= 0.6 is 11.6 Å². The molecule has 32 heavy (non-hydrogen) atoms. The van der Waals surface area contributed by atoms with Crippen LogP contribution in [0.2, 0.25) is 5.02 Å². The van der Waals surface area contributed by atoms with E-state index in [0.29, 0.717) is 28.1 Å². The molecule has 1 amide bonds. The number of ether oxygens (including phenoxy) is 2. The number of amides is 1. The Hall–Kier alpha value is -3.39. The molecule has 1 heterocycles. The molecule has 0 spiro atoms. The number of nitrogens with zero attached hydrogens (tertiary/aromatic N) is 3. The highest BCUT2D eigenvalue weighted by Gasteiger charge is 2.20. The van der Waals surface area contributed by atoms with Gasteiger partial charge in [0.1, 0.15) is 12.4 Å². The van der Waals surface area contributed by atoms with Crippen LogP contribution in [0.25, 0.3) is 10.8 Å². The number of aromatic nitrogens is 2. The molecule has 0 fully saturated rings. The van der Waals surface area contributed by atoms with E-state index < -0.39 is 12.6 Å². The van der Waals surface area contributed by atoms with E-state index in [4.69, 9.17) is 21.1 Å². The SMILES string of the molecule is CC(C)n1nc(C(=O)OCC(=O)N(C)CCOc2ccc(Cl)cc2)c2ccccc2c1=O. The summed E-state index contributed by atoms with van der Waals surface area (Å²) in [5.74, 6) is -0.519. The van der Waals surface area contributed by atoms with Crippen LogP contribution in [0, 0.1) is 0 Å². The van der Waals surface area contributed by atoms with E-state index in [0.717, 1.165) is 0 Å². The predicted molar refractivity (Wildman–Crippen MR) is 121 cm³/mol. The maximum absolute atomic E-state index is 12.7. The van der Waals surface area contributed by atoms with E-state index in [1.165, 1.54) is 9.58 Å². The molecule has 2 aromatic carbocycles. The number of hydrogen-bond acceptors (Lipinski definition) is 6. The van der Waals surface area contributed by atoms with Gasteiger partial charge in [0.25, 0.3) is 11.5 Å². The van der Waals surface area contributed by atoms with Gasteiger partial charge in [0, 0.05) is 17.5 Å². The number of halogens is 1. The first-order valence-electron chi connectivity index (χ1n) is 10.1. The van der Waals surface area contributed by atoms with Gasteiger partial charge in [-0.2, -0.15) is 5.10 Å². The number of benzene rings is 2. The zero-order valence-corrected chi connectivity index (χ0v) is 18.8. The first kappa shape index (κ1) is 23.3. The fraction of sp³-hybridized carbons (Fsp3) is 0.304. The Balaban J connectivity index is 1.61. The maximum Gasteiger partial charge on any atom is 0.359 e. The minimum absolute atomic E-state index is 0.00424. The van der Waals surface area contributed by atoms with Crippen LogP contribution in [0.4, 0.5) is 0 Å². The zero-order valence-electron chi connectivity index (χ0n) is 18.1. The van der Waals surface area contributed by atoms with E-state index >= 15 is 0 Å². The van der Waals surface area contributed by atoms with Crippen molar-refractivity contribution >= 4 is 34.2 Å². The minimum atomic E-state index is -0.769. The average Bonchev–Trinajstić information content (AvgIpc) is 2.78. The summed E-state index contributed by atoms with van der Waals surface area (Å²) in [7, 11) is 1.59. The van der Waals surface area contributed by atoms with Crippen LogP contribution in [-0.2, 0) is 9.53 Å². The average molecular weight is 458 g/mol. The summed E-state index contributed by atoms with van der Waals surface area (Å²) in [4.78, 5) is 39.0. The van der Waals surface area contributed by atoms with Crippen LogP contribution < -0.4 is 10.3 Å². The third-order valence-electron chi connectivity index (χ3n) is 4.77. The molecule has 0 aliphatic heterocycles. The standard InChI is InChI=1S/C23H24ClN3O5/c1-15(2)27-22(29)19-7-5-4-6-18(19)21(25-27)23(30)32-14-20(28)26(3)12-13-31-17-10-8-16(24)9-11-17/h4-11,15H,12-14H2,1-3H3. The topological polar surface area (TPSA) is 90.7 Å². The summed E-state index contributed by atoms with van der Waals surface area (Å²) in [5.41, 5.74) is -0.293. The number of hydrogen-bond donors (Lipinski definition) is 0. The lowest BCUT2D eigenvalue weighted by molar-refractivity contribution is -0.133. The molecule has 0 radical (unpaired) electrons. The summed E-state index contributed by atoms with van der Waals surface area (Å²) >= 11 is 5.84. The molecule has 3 aromatic rings. The molecule has 0 unspecified atom stereocenters. The van der Waals surface area contributed by atoms with Gasteiger partial charge >= 0.3 is 5.97 Å². The van der Waals surface area contributed by atoms with Crippen molar-refractivity contribution in [1.29, 1.82) is 0 Å². The van der Waals surface area contributed by atoms with Gasteiger partial charge < -0.3 is 14.4 Å². The lowest BCUT2D eigenvalue weighted by Crippen LogP contribution is -2.34. The third-order valence-corrected chi connectivity index (χ3v) is 5.02. The normalized spacial score (nSPS) is 10.9. The molecule has 0 aliphatic rings. The molecule has 168 valence electrons. The summed E-state index contributed by atoms with van der Waals surface area (Å²) in [6.07, 6.45) is 0. The Morgan fingerprint density at radius 1 is 1.09 bits per heavy atom. The van der Waals surface area contributed by atoms with Gasteiger partial charge in [0.2, 0.25) is 0 Å². The van der Waals surface area contributed by atoms with Gasteiger partial charge in [-0.15, -0.1) is 0 Å². The number of esters is 1. The van der Waals surface area contributed by atoms with Gasteiger partial charge in [-0.25, -0.2) is 9.48 Å². The van der Waals surface area contributed by atoms with Crippen molar-refractivity contribution < 1.29 is 19.1 Å². The quantitative estimate of drug-likeness (QED) is 0.482. The smallest absolute Gasteiger partial charge is 0.359 e. The molecular weight excluding hydrogens is 434 g/mol. The Bertz CT molecular complexity index is 1170.